The highest BCUT2D eigenvalue weighted by molar-refractivity contribution is 6.30. The van der Waals surface area contributed by atoms with Crippen molar-refractivity contribution < 1.29 is 24.2 Å². The first kappa shape index (κ1) is 16.5. The lowest BCUT2D eigenvalue weighted by atomic mass is 9.79. The predicted octanol–water partition coefficient (Wildman–Crippen LogP) is 2.52. The molecule has 2 heterocycles. The van der Waals surface area contributed by atoms with E-state index in [0.29, 0.717) is 40.1 Å². The van der Waals surface area contributed by atoms with Crippen LogP contribution in [-0.2, 0) is 4.74 Å². The van der Waals surface area contributed by atoms with Crippen molar-refractivity contribution in [2.75, 3.05) is 5.32 Å². The van der Waals surface area contributed by atoms with Crippen LogP contribution in [0.4, 0.5) is 5.69 Å². The first-order chi connectivity index (χ1) is 12.9. The molecule has 0 amide bonds. The van der Waals surface area contributed by atoms with Crippen LogP contribution in [0, 0.1) is 0 Å². The van der Waals surface area contributed by atoms with Crippen LogP contribution in [0.2, 0.25) is 0 Å². The van der Waals surface area contributed by atoms with Gasteiger partial charge in [-0.05, 0) is 26.0 Å². The number of carbonyl (C=O) groups is 2. The molecule has 0 bridgehead atoms. The molecule has 6 nitrogen and oxygen atoms in total. The van der Waals surface area contributed by atoms with E-state index in [1.807, 2.05) is 13.8 Å². The second-order valence-electron chi connectivity index (χ2n) is 7.65. The van der Waals surface area contributed by atoms with Gasteiger partial charge >= 0.3 is 0 Å². The number of rotatable bonds is 0. The zero-order valence-electron chi connectivity index (χ0n) is 15.0. The molecule has 1 fully saturated rings. The number of nitrogens with one attached hydrogen (secondary N) is 1. The Labute approximate surface area is 156 Å². The third-order valence-electron chi connectivity index (χ3n) is 5.74. The van der Waals surface area contributed by atoms with Gasteiger partial charge in [0.1, 0.15) is 11.9 Å². The van der Waals surface area contributed by atoms with E-state index in [2.05, 4.69) is 5.32 Å². The summed E-state index contributed by atoms with van der Waals surface area (Å²) in [4.78, 5) is 26.1. The molecule has 5 rings (SSSR count). The van der Waals surface area contributed by atoms with Gasteiger partial charge in [-0.25, -0.2) is 0 Å². The fraction of sp³-hybridized carbons (Fsp3) is 0.333. The van der Waals surface area contributed by atoms with Crippen LogP contribution in [0.3, 0.4) is 0 Å². The summed E-state index contributed by atoms with van der Waals surface area (Å²) >= 11 is 0. The smallest absolute Gasteiger partial charge is 0.196 e. The lowest BCUT2D eigenvalue weighted by Crippen LogP contribution is -2.63. The van der Waals surface area contributed by atoms with Gasteiger partial charge in [0, 0.05) is 23.1 Å². The van der Waals surface area contributed by atoms with Crippen molar-refractivity contribution in [2.24, 2.45) is 0 Å². The highest BCUT2D eigenvalue weighted by Crippen LogP contribution is 2.46. The van der Waals surface area contributed by atoms with Gasteiger partial charge < -0.3 is 19.9 Å². The number of hydrogen-bond donors (Lipinski definition) is 2. The third kappa shape index (κ3) is 2.20. The van der Waals surface area contributed by atoms with Gasteiger partial charge in [-0.2, -0.15) is 0 Å². The van der Waals surface area contributed by atoms with E-state index in [4.69, 9.17) is 9.47 Å². The summed E-state index contributed by atoms with van der Waals surface area (Å²) in [5.74, 6) is 0.150. The van der Waals surface area contributed by atoms with Crippen molar-refractivity contribution in [3.05, 3.63) is 58.7 Å². The van der Waals surface area contributed by atoms with Crippen molar-refractivity contribution in [2.45, 2.75) is 44.3 Å². The Morgan fingerprint density at radius 1 is 1.07 bits per heavy atom. The predicted molar refractivity (Wildman–Crippen MR) is 97.4 cm³/mol. The van der Waals surface area contributed by atoms with Crippen molar-refractivity contribution in [3.8, 4) is 5.75 Å². The summed E-state index contributed by atoms with van der Waals surface area (Å²) in [7, 11) is 0. The fourth-order valence-electron chi connectivity index (χ4n) is 4.52. The number of fused-ring (bicyclic) bond motifs is 5. The molecule has 27 heavy (non-hydrogen) atoms. The molecule has 2 aromatic carbocycles. The number of ether oxygens (including phenoxy) is 2. The summed E-state index contributed by atoms with van der Waals surface area (Å²) in [5.41, 5.74) is 1.42. The summed E-state index contributed by atoms with van der Waals surface area (Å²) < 4.78 is 11.7. The van der Waals surface area contributed by atoms with E-state index in [9.17, 15) is 14.7 Å². The first-order valence-corrected chi connectivity index (χ1v) is 9.03. The average Bonchev–Trinajstić information content (AvgIpc) is 2.63. The highest BCUT2D eigenvalue weighted by atomic mass is 16.6. The Hall–Kier alpha value is -2.70. The molecule has 1 aliphatic carbocycles. The summed E-state index contributed by atoms with van der Waals surface area (Å²) in [5, 5.41) is 13.5. The molecule has 2 aliphatic heterocycles. The standard InChI is InChI=1S/C21H19NO5/c1-10-20-21(2,9-15(23)26-10)22-17-14(27-20)8-7-13-16(17)19(25)12-6-4-3-5-11(12)18(13)24/h3-8,10,15,20,22-23H,9H2,1-2H3. The second-order valence-corrected chi connectivity index (χ2v) is 7.65. The average molecular weight is 365 g/mol. The molecule has 1 saturated heterocycles. The van der Waals surface area contributed by atoms with Crippen molar-refractivity contribution in [3.63, 3.8) is 0 Å². The fourth-order valence-corrected chi connectivity index (χ4v) is 4.52. The minimum atomic E-state index is -0.920. The maximum absolute atomic E-state index is 13.2. The Kier molecular flexibility index (Phi) is 3.30. The summed E-state index contributed by atoms with van der Waals surface area (Å²) in [6.07, 6.45) is -1.26. The summed E-state index contributed by atoms with van der Waals surface area (Å²) in [6, 6.07) is 10.2. The van der Waals surface area contributed by atoms with Gasteiger partial charge in [0.2, 0.25) is 0 Å². The second kappa shape index (κ2) is 5.41. The Morgan fingerprint density at radius 2 is 1.78 bits per heavy atom. The third-order valence-corrected chi connectivity index (χ3v) is 5.74. The molecular weight excluding hydrogens is 346 g/mol. The van der Waals surface area contributed by atoms with Crippen molar-refractivity contribution in [1.29, 1.82) is 0 Å². The van der Waals surface area contributed by atoms with Crippen LogP contribution in [0.5, 0.6) is 5.75 Å². The zero-order valence-corrected chi connectivity index (χ0v) is 15.0. The van der Waals surface area contributed by atoms with Crippen LogP contribution in [0.15, 0.2) is 36.4 Å². The molecule has 0 saturated carbocycles. The zero-order chi connectivity index (χ0) is 18.9. The lowest BCUT2D eigenvalue weighted by molar-refractivity contribution is -0.208. The lowest BCUT2D eigenvalue weighted by Gasteiger charge is -2.50. The number of aliphatic hydroxyl groups excluding tert-OH is 1. The van der Waals surface area contributed by atoms with Gasteiger partial charge in [0.15, 0.2) is 17.9 Å². The SMILES string of the molecule is CC1OC(O)CC2(C)Nc3c(ccc4c3C(=O)c3ccccc3C4=O)OC12. The van der Waals surface area contributed by atoms with E-state index in [0.717, 1.165) is 0 Å². The number of ketones is 2. The number of aliphatic hydroxyl groups is 1. The summed E-state index contributed by atoms with van der Waals surface area (Å²) in [6.45, 7) is 3.78. The van der Waals surface area contributed by atoms with Crippen molar-refractivity contribution >= 4 is 17.3 Å². The van der Waals surface area contributed by atoms with E-state index < -0.39 is 11.8 Å². The molecule has 6 heteroatoms. The van der Waals surface area contributed by atoms with Gasteiger partial charge in [0.05, 0.1) is 22.9 Å². The largest absolute Gasteiger partial charge is 0.483 e. The molecule has 2 aromatic rings. The maximum atomic E-state index is 13.2. The number of benzene rings is 2. The molecule has 4 atom stereocenters. The molecule has 2 N–H and O–H groups in total. The van der Waals surface area contributed by atoms with Crippen LogP contribution in [-0.4, -0.2) is 40.7 Å². The quantitative estimate of drug-likeness (QED) is 0.637. The van der Waals surface area contributed by atoms with Gasteiger partial charge in [-0.3, -0.25) is 9.59 Å². The number of carbonyl (C=O) groups excluding carboxylic acids is 2. The normalized spacial score (nSPS) is 31.0. The van der Waals surface area contributed by atoms with Crippen molar-refractivity contribution in [1.82, 2.24) is 0 Å². The van der Waals surface area contributed by atoms with E-state index in [1.54, 1.807) is 36.4 Å². The minimum absolute atomic E-state index is 0.169. The monoisotopic (exact) mass is 365 g/mol. The number of hydrogen-bond acceptors (Lipinski definition) is 6. The van der Waals surface area contributed by atoms with Crippen LogP contribution < -0.4 is 10.1 Å². The van der Waals surface area contributed by atoms with E-state index >= 15 is 0 Å². The molecule has 0 spiro atoms. The van der Waals surface area contributed by atoms with Gasteiger partial charge in [0.25, 0.3) is 0 Å². The molecule has 0 aromatic heterocycles. The molecule has 3 aliphatic rings. The number of anilines is 1. The minimum Gasteiger partial charge on any atom is -0.483 e. The van der Waals surface area contributed by atoms with Crippen LogP contribution in [0.1, 0.15) is 52.1 Å². The molecule has 0 radical (unpaired) electrons. The molecular formula is C21H19NO5. The topological polar surface area (TPSA) is 84.9 Å². The van der Waals surface area contributed by atoms with Gasteiger partial charge in [-0.15, -0.1) is 0 Å². The first-order valence-electron chi connectivity index (χ1n) is 9.03. The maximum Gasteiger partial charge on any atom is 0.196 e. The van der Waals surface area contributed by atoms with E-state index in [1.165, 1.54) is 0 Å². The highest BCUT2D eigenvalue weighted by Gasteiger charge is 2.50. The molecule has 138 valence electrons. The van der Waals surface area contributed by atoms with E-state index in [-0.39, 0.29) is 23.8 Å². The Balaban J connectivity index is 1.68. The Morgan fingerprint density at radius 3 is 2.52 bits per heavy atom. The van der Waals surface area contributed by atoms with Gasteiger partial charge in [-0.1, -0.05) is 24.3 Å². The molecule has 4 unspecified atom stereocenters. The van der Waals surface area contributed by atoms with Crippen LogP contribution >= 0.6 is 0 Å². The van der Waals surface area contributed by atoms with Crippen LogP contribution in [0.25, 0.3) is 0 Å². The Bertz CT molecular complexity index is 1000.